The van der Waals surface area contributed by atoms with Crippen molar-refractivity contribution in [1.82, 2.24) is 14.6 Å². The summed E-state index contributed by atoms with van der Waals surface area (Å²) in [6.07, 6.45) is -3.49. The number of aromatic nitrogens is 3. The second-order valence-electron chi connectivity index (χ2n) is 3.58. The lowest BCUT2D eigenvalue weighted by atomic mass is 10.2. The average Bonchev–Trinajstić information content (AvgIpc) is 2.69. The van der Waals surface area contributed by atoms with Crippen LogP contribution in [0.2, 0.25) is 0 Å². The van der Waals surface area contributed by atoms with E-state index in [1.165, 1.54) is 0 Å². The van der Waals surface area contributed by atoms with Gasteiger partial charge in [0.2, 0.25) is 0 Å². The summed E-state index contributed by atoms with van der Waals surface area (Å²) in [5.41, 5.74) is -1.51. The Bertz CT molecular complexity index is 619. The molecule has 2 aromatic heterocycles. The molecule has 8 heteroatoms. The molecule has 5 nitrogen and oxygen atoms in total. The molecule has 0 aliphatic rings. The first-order chi connectivity index (χ1) is 8.34. The van der Waals surface area contributed by atoms with Gasteiger partial charge < -0.3 is 5.11 Å². The second kappa shape index (κ2) is 3.97. The highest BCUT2D eigenvalue weighted by Crippen LogP contribution is 2.30. The Hall–Kier alpha value is -2.12. The van der Waals surface area contributed by atoms with Crippen LogP contribution >= 0.6 is 0 Å². The monoisotopic (exact) mass is 259 g/mol. The third-order valence-electron chi connectivity index (χ3n) is 2.41. The SMILES string of the molecule is CCc1cc(C(F)(F)F)n2ncc(C(=O)O)c2n1. The van der Waals surface area contributed by atoms with Crippen LogP contribution in [0.4, 0.5) is 13.2 Å². The van der Waals surface area contributed by atoms with Crippen molar-refractivity contribution in [3.63, 3.8) is 0 Å². The number of alkyl halides is 3. The number of hydrogen-bond donors (Lipinski definition) is 1. The Morgan fingerprint density at radius 2 is 2.17 bits per heavy atom. The van der Waals surface area contributed by atoms with Crippen molar-refractivity contribution in [3.8, 4) is 0 Å². The Balaban J connectivity index is 2.83. The minimum absolute atomic E-state index is 0.165. The Morgan fingerprint density at radius 1 is 1.50 bits per heavy atom. The van der Waals surface area contributed by atoms with Crippen LogP contribution in [0, 0.1) is 0 Å². The number of nitrogens with zero attached hydrogens (tertiary/aromatic N) is 3. The molecular formula is C10H8F3N3O2. The highest BCUT2D eigenvalue weighted by Gasteiger charge is 2.35. The average molecular weight is 259 g/mol. The van der Waals surface area contributed by atoms with Gasteiger partial charge in [-0.3, -0.25) is 0 Å². The van der Waals surface area contributed by atoms with E-state index < -0.39 is 17.8 Å². The van der Waals surface area contributed by atoms with Crippen LogP contribution in [0.25, 0.3) is 5.65 Å². The molecule has 1 N–H and O–H groups in total. The van der Waals surface area contributed by atoms with E-state index in [-0.39, 0.29) is 23.3 Å². The molecule has 0 saturated carbocycles. The molecule has 0 aliphatic heterocycles. The normalized spacial score (nSPS) is 12.0. The summed E-state index contributed by atoms with van der Waals surface area (Å²) in [6.45, 7) is 1.63. The minimum atomic E-state index is -4.62. The Morgan fingerprint density at radius 3 is 2.67 bits per heavy atom. The summed E-state index contributed by atoms with van der Waals surface area (Å²) in [5.74, 6) is -1.36. The van der Waals surface area contributed by atoms with Gasteiger partial charge in [-0.25, -0.2) is 14.3 Å². The molecular weight excluding hydrogens is 251 g/mol. The number of carboxylic acid groups (broad SMARTS) is 1. The van der Waals surface area contributed by atoms with Gasteiger partial charge in [-0.15, -0.1) is 0 Å². The summed E-state index contributed by atoms with van der Waals surface area (Å²) in [6, 6.07) is 0.867. The van der Waals surface area contributed by atoms with Crippen LogP contribution in [-0.4, -0.2) is 25.7 Å². The maximum absolute atomic E-state index is 12.8. The summed E-state index contributed by atoms with van der Waals surface area (Å²) >= 11 is 0. The summed E-state index contributed by atoms with van der Waals surface area (Å²) in [4.78, 5) is 14.7. The first-order valence-electron chi connectivity index (χ1n) is 5.02. The molecule has 2 aromatic rings. The zero-order chi connectivity index (χ0) is 13.5. The molecule has 0 atom stereocenters. The number of carboxylic acids is 1. The van der Waals surface area contributed by atoms with Crippen LogP contribution in [-0.2, 0) is 12.6 Å². The van der Waals surface area contributed by atoms with Crippen molar-refractivity contribution >= 4 is 11.6 Å². The van der Waals surface area contributed by atoms with Crippen molar-refractivity contribution in [2.45, 2.75) is 19.5 Å². The van der Waals surface area contributed by atoms with E-state index in [9.17, 15) is 18.0 Å². The number of rotatable bonds is 2. The van der Waals surface area contributed by atoms with Crippen LogP contribution in [0.15, 0.2) is 12.3 Å². The van der Waals surface area contributed by atoms with Crippen molar-refractivity contribution in [2.24, 2.45) is 0 Å². The smallest absolute Gasteiger partial charge is 0.433 e. The molecule has 0 fully saturated rings. The molecule has 0 bridgehead atoms. The molecule has 2 rings (SSSR count). The van der Waals surface area contributed by atoms with Gasteiger partial charge in [-0.2, -0.15) is 18.3 Å². The molecule has 0 radical (unpaired) electrons. The van der Waals surface area contributed by atoms with Crippen molar-refractivity contribution in [3.05, 3.63) is 29.2 Å². The standard InChI is InChI=1S/C10H8F3N3O2/c1-2-5-3-7(10(11,12)13)16-8(15-5)6(4-14-16)9(17)18/h3-4H,2H2,1H3,(H,17,18). The van der Waals surface area contributed by atoms with E-state index in [4.69, 9.17) is 5.11 Å². The zero-order valence-corrected chi connectivity index (χ0v) is 9.19. The largest absolute Gasteiger partial charge is 0.477 e. The lowest BCUT2D eigenvalue weighted by Crippen LogP contribution is -2.14. The Labute approximate surface area is 98.9 Å². The molecule has 2 heterocycles. The number of fused-ring (bicyclic) bond motifs is 1. The minimum Gasteiger partial charge on any atom is -0.477 e. The number of carbonyl (C=O) groups is 1. The molecule has 0 spiro atoms. The summed E-state index contributed by atoms with van der Waals surface area (Å²) in [5, 5.41) is 12.3. The summed E-state index contributed by atoms with van der Waals surface area (Å²) in [7, 11) is 0. The van der Waals surface area contributed by atoms with E-state index in [0.717, 1.165) is 12.3 Å². The van der Waals surface area contributed by atoms with Gasteiger partial charge in [0, 0.05) is 5.69 Å². The maximum Gasteiger partial charge on any atom is 0.433 e. The third kappa shape index (κ3) is 1.89. The number of aryl methyl sites for hydroxylation is 1. The predicted molar refractivity (Wildman–Crippen MR) is 54.3 cm³/mol. The van der Waals surface area contributed by atoms with Gasteiger partial charge >= 0.3 is 12.1 Å². The highest BCUT2D eigenvalue weighted by molar-refractivity contribution is 5.94. The zero-order valence-electron chi connectivity index (χ0n) is 9.19. The molecule has 0 amide bonds. The Kier molecular flexibility index (Phi) is 2.72. The predicted octanol–water partition coefficient (Wildman–Crippen LogP) is 2.01. The van der Waals surface area contributed by atoms with Gasteiger partial charge in [-0.1, -0.05) is 6.92 Å². The maximum atomic E-state index is 12.8. The lowest BCUT2D eigenvalue weighted by molar-refractivity contribution is -0.142. The van der Waals surface area contributed by atoms with Crippen LogP contribution in [0.3, 0.4) is 0 Å². The van der Waals surface area contributed by atoms with Crippen LogP contribution in [0.1, 0.15) is 28.7 Å². The molecule has 96 valence electrons. The van der Waals surface area contributed by atoms with Gasteiger partial charge in [0.1, 0.15) is 11.3 Å². The van der Waals surface area contributed by atoms with Gasteiger partial charge in [-0.05, 0) is 12.5 Å². The van der Waals surface area contributed by atoms with Gasteiger partial charge in [0.15, 0.2) is 5.65 Å². The van der Waals surface area contributed by atoms with E-state index in [1.54, 1.807) is 6.92 Å². The van der Waals surface area contributed by atoms with Crippen LogP contribution < -0.4 is 0 Å². The fourth-order valence-corrected chi connectivity index (χ4v) is 1.55. The lowest BCUT2D eigenvalue weighted by Gasteiger charge is -2.10. The number of halogens is 3. The molecule has 0 aromatic carbocycles. The van der Waals surface area contributed by atoms with E-state index in [2.05, 4.69) is 10.1 Å². The van der Waals surface area contributed by atoms with E-state index >= 15 is 0 Å². The van der Waals surface area contributed by atoms with Crippen LogP contribution in [0.5, 0.6) is 0 Å². The van der Waals surface area contributed by atoms with E-state index in [0.29, 0.717) is 4.52 Å². The number of hydrogen-bond acceptors (Lipinski definition) is 3. The third-order valence-corrected chi connectivity index (χ3v) is 2.41. The second-order valence-corrected chi connectivity index (χ2v) is 3.58. The summed E-state index contributed by atoms with van der Waals surface area (Å²) < 4.78 is 38.9. The van der Waals surface area contributed by atoms with E-state index in [1.807, 2.05) is 0 Å². The quantitative estimate of drug-likeness (QED) is 0.895. The van der Waals surface area contributed by atoms with Crippen molar-refractivity contribution in [1.29, 1.82) is 0 Å². The van der Waals surface area contributed by atoms with Crippen molar-refractivity contribution in [2.75, 3.05) is 0 Å². The highest BCUT2D eigenvalue weighted by atomic mass is 19.4. The fraction of sp³-hybridized carbons (Fsp3) is 0.300. The topological polar surface area (TPSA) is 67.5 Å². The molecule has 0 unspecified atom stereocenters. The first kappa shape index (κ1) is 12.3. The van der Waals surface area contributed by atoms with Crippen molar-refractivity contribution < 1.29 is 23.1 Å². The van der Waals surface area contributed by atoms with Gasteiger partial charge in [0.05, 0.1) is 6.20 Å². The molecule has 18 heavy (non-hydrogen) atoms. The molecule has 0 aliphatic carbocycles. The van der Waals surface area contributed by atoms with Gasteiger partial charge in [0.25, 0.3) is 0 Å². The molecule has 0 saturated heterocycles. The fourth-order valence-electron chi connectivity index (χ4n) is 1.55. The first-order valence-corrected chi connectivity index (χ1v) is 5.02. The number of aromatic carboxylic acids is 1.